The number of benzene rings is 1. The Morgan fingerprint density at radius 2 is 2.24 bits per heavy atom. The van der Waals surface area contributed by atoms with Crippen molar-refractivity contribution in [1.29, 1.82) is 5.26 Å². The van der Waals surface area contributed by atoms with Gasteiger partial charge in [0.05, 0.1) is 30.1 Å². The van der Waals surface area contributed by atoms with Crippen LogP contribution in [0.25, 0.3) is 0 Å². The van der Waals surface area contributed by atoms with Crippen LogP contribution in [0.4, 0.5) is 5.69 Å². The first kappa shape index (κ1) is 15.8. The molecule has 2 N–H and O–H groups in total. The number of hydrogen-bond donors (Lipinski definition) is 2. The van der Waals surface area contributed by atoms with Gasteiger partial charge in [0, 0.05) is 6.54 Å². The molecule has 1 aliphatic rings. The summed E-state index contributed by atoms with van der Waals surface area (Å²) in [7, 11) is 0. The van der Waals surface area contributed by atoms with E-state index in [4.69, 9.17) is 10.00 Å². The van der Waals surface area contributed by atoms with E-state index in [-0.39, 0.29) is 6.10 Å². The monoisotopic (exact) mass is 288 g/mol. The SMILES string of the molecule is CC1CCCC(OCC(O)CNc2ccccc2C#N)C1. The zero-order valence-electron chi connectivity index (χ0n) is 12.6. The van der Waals surface area contributed by atoms with Crippen molar-refractivity contribution in [2.45, 2.75) is 44.8 Å². The van der Waals surface area contributed by atoms with Crippen LogP contribution in [-0.4, -0.2) is 30.5 Å². The lowest BCUT2D eigenvalue weighted by Gasteiger charge is -2.27. The van der Waals surface area contributed by atoms with Gasteiger partial charge >= 0.3 is 0 Å². The molecule has 1 saturated carbocycles. The van der Waals surface area contributed by atoms with Gasteiger partial charge in [-0.15, -0.1) is 0 Å². The summed E-state index contributed by atoms with van der Waals surface area (Å²) in [5.74, 6) is 0.724. The molecule has 0 amide bonds. The fourth-order valence-electron chi connectivity index (χ4n) is 2.80. The van der Waals surface area contributed by atoms with E-state index in [1.165, 1.54) is 12.8 Å². The lowest BCUT2D eigenvalue weighted by Crippen LogP contribution is -2.30. The number of aliphatic hydroxyl groups excluding tert-OH is 1. The summed E-state index contributed by atoms with van der Waals surface area (Å²) < 4.78 is 5.81. The molecular formula is C17H24N2O2. The Hall–Kier alpha value is -1.57. The zero-order chi connectivity index (χ0) is 15.1. The maximum absolute atomic E-state index is 10.0. The Kier molecular flexibility index (Phi) is 6.04. The summed E-state index contributed by atoms with van der Waals surface area (Å²) in [6.45, 7) is 2.99. The van der Waals surface area contributed by atoms with Crippen LogP contribution < -0.4 is 5.32 Å². The quantitative estimate of drug-likeness (QED) is 0.844. The number of ether oxygens (including phenoxy) is 1. The Morgan fingerprint density at radius 3 is 3.00 bits per heavy atom. The molecule has 0 spiro atoms. The van der Waals surface area contributed by atoms with Crippen molar-refractivity contribution in [3.8, 4) is 6.07 Å². The second kappa shape index (κ2) is 8.02. The molecule has 21 heavy (non-hydrogen) atoms. The number of aliphatic hydroxyl groups is 1. The first-order valence-electron chi connectivity index (χ1n) is 7.71. The van der Waals surface area contributed by atoms with E-state index in [0.29, 0.717) is 18.7 Å². The summed E-state index contributed by atoms with van der Waals surface area (Å²) in [6, 6.07) is 9.43. The van der Waals surface area contributed by atoms with Gasteiger partial charge in [0.1, 0.15) is 6.07 Å². The highest BCUT2D eigenvalue weighted by atomic mass is 16.5. The topological polar surface area (TPSA) is 65.3 Å². The average Bonchev–Trinajstić information content (AvgIpc) is 2.51. The van der Waals surface area contributed by atoms with E-state index in [0.717, 1.165) is 24.4 Å². The molecule has 2 rings (SSSR count). The second-order valence-corrected chi connectivity index (χ2v) is 5.92. The summed E-state index contributed by atoms with van der Waals surface area (Å²) in [6.07, 6.45) is 4.42. The molecule has 1 fully saturated rings. The largest absolute Gasteiger partial charge is 0.389 e. The highest BCUT2D eigenvalue weighted by molar-refractivity contribution is 5.57. The third-order valence-electron chi connectivity index (χ3n) is 3.99. The van der Waals surface area contributed by atoms with Crippen LogP contribution in [0.3, 0.4) is 0 Å². The zero-order valence-corrected chi connectivity index (χ0v) is 12.6. The van der Waals surface area contributed by atoms with Crippen molar-refractivity contribution in [3.63, 3.8) is 0 Å². The minimum atomic E-state index is -0.561. The minimum Gasteiger partial charge on any atom is -0.389 e. The van der Waals surface area contributed by atoms with Gasteiger partial charge in [0.25, 0.3) is 0 Å². The predicted molar refractivity (Wildman–Crippen MR) is 83.0 cm³/mol. The van der Waals surface area contributed by atoms with E-state index in [1.807, 2.05) is 18.2 Å². The number of anilines is 1. The Morgan fingerprint density at radius 1 is 1.43 bits per heavy atom. The third-order valence-corrected chi connectivity index (χ3v) is 3.99. The van der Waals surface area contributed by atoms with Gasteiger partial charge in [-0.3, -0.25) is 0 Å². The normalized spacial score (nSPS) is 23.3. The highest BCUT2D eigenvalue weighted by Gasteiger charge is 2.20. The van der Waals surface area contributed by atoms with E-state index in [9.17, 15) is 5.11 Å². The third kappa shape index (κ3) is 5.04. The van der Waals surface area contributed by atoms with Crippen LogP contribution in [0.15, 0.2) is 24.3 Å². The van der Waals surface area contributed by atoms with Gasteiger partial charge in [-0.2, -0.15) is 5.26 Å². The molecular weight excluding hydrogens is 264 g/mol. The van der Waals surface area contributed by atoms with Gasteiger partial charge in [-0.05, 0) is 30.9 Å². The Labute approximate surface area is 126 Å². The number of para-hydroxylation sites is 1. The predicted octanol–water partition coefficient (Wildman–Crippen LogP) is 2.93. The standard InChI is InChI=1S/C17H24N2O2/c1-13-5-4-7-16(9-13)21-12-15(20)11-19-17-8-3-2-6-14(17)10-18/h2-3,6,8,13,15-16,19-20H,4-5,7,9,11-12H2,1H3. The smallest absolute Gasteiger partial charge is 0.101 e. The molecule has 1 aromatic rings. The van der Waals surface area contributed by atoms with Gasteiger partial charge in [0.2, 0.25) is 0 Å². The van der Waals surface area contributed by atoms with Crippen molar-refractivity contribution < 1.29 is 9.84 Å². The van der Waals surface area contributed by atoms with Crippen LogP contribution in [0.1, 0.15) is 38.2 Å². The number of rotatable bonds is 6. The number of nitriles is 1. The van der Waals surface area contributed by atoms with Gasteiger partial charge < -0.3 is 15.2 Å². The second-order valence-electron chi connectivity index (χ2n) is 5.92. The summed E-state index contributed by atoms with van der Waals surface area (Å²) in [4.78, 5) is 0. The molecule has 0 bridgehead atoms. The molecule has 1 aliphatic carbocycles. The van der Waals surface area contributed by atoms with Crippen molar-refractivity contribution in [2.75, 3.05) is 18.5 Å². The van der Waals surface area contributed by atoms with Crippen molar-refractivity contribution in [2.24, 2.45) is 5.92 Å². The van der Waals surface area contributed by atoms with Crippen LogP contribution in [-0.2, 0) is 4.74 Å². The minimum absolute atomic E-state index is 0.287. The number of nitrogens with zero attached hydrogens (tertiary/aromatic N) is 1. The number of nitrogens with one attached hydrogen (secondary N) is 1. The fourth-order valence-corrected chi connectivity index (χ4v) is 2.80. The Bertz CT molecular complexity index is 484. The highest BCUT2D eigenvalue weighted by Crippen LogP contribution is 2.25. The molecule has 4 heteroatoms. The summed E-state index contributed by atoms with van der Waals surface area (Å²) in [5, 5.41) is 22.1. The first-order chi connectivity index (χ1) is 10.2. The molecule has 3 atom stereocenters. The molecule has 0 heterocycles. The average molecular weight is 288 g/mol. The van der Waals surface area contributed by atoms with E-state index < -0.39 is 6.10 Å². The maximum Gasteiger partial charge on any atom is 0.101 e. The molecule has 0 radical (unpaired) electrons. The van der Waals surface area contributed by atoms with Crippen LogP contribution in [0.2, 0.25) is 0 Å². The van der Waals surface area contributed by atoms with Gasteiger partial charge in [-0.25, -0.2) is 0 Å². The number of hydrogen-bond acceptors (Lipinski definition) is 4. The van der Waals surface area contributed by atoms with Crippen molar-refractivity contribution >= 4 is 5.69 Å². The molecule has 3 unspecified atom stereocenters. The molecule has 0 aliphatic heterocycles. The fraction of sp³-hybridized carbons (Fsp3) is 0.588. The summed E-state index contributed by atoms with van der Waals surface area (Å²) >= 11 is 0. The molecule has 1 aromatic carbocycles. The van der Waals surface area contributed by atoms with Gasteiger partial charge in [-0.1, -0.05) is 31.9 Å². The van der Waals surface area contributed by atoms with Crippen molar-refractivity contribution in [3.05, 3.63) is 29.8 Å². The van der Waals surface area contributed by atoms with Crippen molar-refractivity contribution in [1.82, 2.24) is 0 Å². The maximum atomic E-state index is 10.0. The lowest BCUT2D eigenvalue weighted by molar-refractivity contribution is -0.0274. The van der Waals surface area contributed by atoms with Gasteiger partial charge in [0.15, 0.2) is 0 Å². The Balaban J connectivity index is 1.72. The molecule has 4 nitrogen and oxygen atoms in total. The lowest BCUT2D eigenvalue weighted by atomic mass is 9.89. The summed E-state index contributed by atoms with van der Waals surface area (Å²) in [5.41, 5.74) is 1.34. The van der Waals surface area contributed by atoms with E-state index in [1.54, 1.807) is 6.07 Å². The molecule has 0 aromatic heterocycles. The molecule has 0 saturated heterocycles. The van der Waals surface area contributed by atoms with E-state index in [2.05, 4.69) is 18.3 Å². The van der Waals surface area contributed by atoms with Crippen LogP contribution >= 0.6 is 0 Å². The van der Waals surface area contributed by atoms with E-state index >= 15 is 0 Å². The molecule has 114 valence electrons. The first-order valence-corrected chi connectivity index (χ1v) is 7.71. The van der Waals surface area contributed by atoms with Crippen LogP contribution in [0.5, 0.6) is 0 Å². The van der Waals surface area contributed by atoms with Crippen LogP contribution in [0, 0.1) is 17.2 Å².